The lowest BCUT2D eigenvalue weighted by Crippen LogP contribution is -2.27. The van der Waals surface area contributed by atoms with Gasteiger partial charge in [0.05, 0.1) is 6.04 Å². The summed E-state index contributed by atoms with van der Waals surface area (Å²) < 4.78 is 29.7. The van der Waals surface area contributed by atoms with Crippen LogP contribution in [0.15, 0.2) is 30.3 Å². The van der Waals surface area contributed by atoms with Gasteiger partial charge >= 0.3 is 0 Å². The van der Waals surface area contributed by atoms with Gasteiger partial charge in [-0.15, -0.1) is 0 Å². The predicted molar refractivity (Wildman–Crippen MR) is 111 cm³/mol. The van der Waals surface area contributed by atoms with E-state index in [2.05, 4.69) is 15.6 Å². The number of aromatic nitrogens is 1. The first-order valence-corrected chi connectivity index (χ1v) is 9.68. The van der Waals surface area contributed by atoms with Gasteiger partial charge in [0.1, 0.15) is 18.2 Å². The Morgan fingerprint density at radius 2 is 1.80 bits per heavy atom. The monoisotopic (exact) mass is 419 g/mol. The minimum atomic E-state index is -2.56. The number of nitrogens with one attached hydrogen (secondary N) is 2. The number of rotatable bonds is 8. The minimum absolute atomic E-state index is 0.139. The fraction of sp³-hybridized carbons (Fsp3) is 0.409. The van der Waals surface area contributed by atoms with Crippen LogP contribution in [0, 0.1) is 19.8 Å². The molecule has 1 aromatic heterocycles. The van der Waals surface area contributed by atoms with E-state index in [1.807, 2.05) is 19.9 Å². The fourth-order valence-electron chi connectivity index (χ4n) is 2.75. The number of nitrogens with zero attached hydrogens (tertiary/aromatic N) is 1. The molecule has 0 aliphatic carbocycles. The molecule has 0 saturated heterocycles. The van der Waals surface area contributed by atoms with E-state index in [0.29, 0.717) is 28.4 Å². The van der Waals surface area contributed by atoms with Crippen LogP contribution < -0.4 is 15.4 Å². The highest BCUT2D eigenvalue weighted by Gasteiger charge is 2.16. The Morgan fingerprint density at radius 1 is 1.10 bits per heavy atom. The number of anilines is 1. The molecule has 2 rings (SSSR count). The zero-order chi connectivity index (χ0) is 22.4. The number of amides is 2. The predicted octanol–water partition coefficient (Wildman–Crippen LogP) is 4.43. The van der Waals surface area contributed by atoms with Gasteiger partial charge in [0, 0.05) is 17.2 Å². The molecule has 0 bridgehead atoms. The maximum absolute atomic E-state index is 12.6. The molecule has 6 nitrogen and oxygen atoms in total. The summed E-state index contributed by atoms with van der Waals surface area (Å²) in [5, 5.41) is 5.67. The molecule has 0 fully saturated rings. The first-order valence-electron chi connectivity index (χ1n) is 9.68. The summed E-state index contributed by atoms with van der Waals surface area (Å²) in [5.41, 5.74) is 2.49. The molecule has 0 saturated carbocycles. The number of carbonyl (C=O) groups excluding carboxylic acids is 2. The van der Waals surface area contributed by atoms with Crippen LogP contribution >= 0.6 is 0 Å². The van der Waals surface area contributed by atoms with Crippen LogP contribution in [0.2, 0.25) is 0 Å². The molecule has 2 amide bonds. The third-order valence-electron chi connectivity index (χ3n) is 4.40. The number of pyridine rings is 1. The number of alkyl halides is 2. The average molecular weight is 419 g/mol. The normalized spacial score (nSPS) is 12.0. The van der Waals surface area contributed by atoms with Crippen molar-refractivity contribution in [3.63, 3.8) is 0 Å². The second kappa shape index (κ2) is 10.1. The second-order valence-electron chi connectivity index (χ2n) is 7.45. The largest absolute Gasteiger partial charge is 0.487 e. The maximum Gasteiger partial charge on any atom is 0.272 e. The summed E-state index contributed by atoms with van der Waals surface area (Å²) in [5.74, 6) is 0.119. The van der Waals surface area contributed by atoms with Crippen molar-refractivity contribution < 1.29 is 23.1 Å². The second-order valence-corrected chi connectivity index (χ2v) is 7.45. The number of benzene rings is 1. The number of hydrogen-bond acceptors (Lipinski definition) is 4. The number of halogens is 2. The molecule has 30 heavy (non-hydrogen) atoms. The fourth-order valence-corrected chi connectivity index (χ4v) is 2.75. The van der Waals surface area contributed by atoms with Crippen molar-refractivity contribution in [2.75, 3.05) is 11.9 Å². The van der Waals surface area contributed by atoms with Crippen LogP contribution in [0.1, 0.15) is 54.0 Å². The van der Waals surface area contributed by atoms with Gasteiger partial charge in [-0.05, 0) is 62.2 Å². The highest BCUT2D eigenvalue weighted by atomic mass is 19.3. The zero-order valence-electron chi connectivity index (χ0n) is 17.8. The van der Waals surface area contributed by atoms with Crippen molar-refractivity contribution in [3.05, 3.63) is 52.7 Å². The average Bonchev–Trinajstić information content (AvgIpc) is 2.66. The van der Waals surface area contributed by atoms with Crippen LogP contribution in [0.4, 0.5) is 14.6 Å². The molecule has 0 spiro atoms. The third kappa shape index (κ3) is 6.50. The summed E-state index contributed by atoms with van der Waals surface area (Å²) >= 11 is 0. The number of ether oxygens (including phenoxy) is 1. The van der Waals surface area contributed by atoms with E-state index in [1.54, 1.807) is 32.9 Å². The molecule has 1 unspecified atom stereocenters. The minimum Gasteiger partial charge on any atom is -0.487 e. The van der Waals surface area contributed by atoms with E-state index >= 15 is 0 Å². The Labute approximate surface area is 175 Å². The smallest absolute Gasteiger partial charge is 0.272 e. The van der Waals surface area contributed by atoms with Crippen LogP contribution in [0.5, 0.6) is 5.75 Å². The van der Waals surface area contributed by atoms with E-state index in [1.165, 1.54) is 12.1 Å². The standard InChI is InChI=1S/C22H27F2N3O3/c1-12(2)21(28)27-20-10-17(9-14(4)25-20)15(5)26-22(29)16-6-7-18(13(3)8-16)30-11-19(23)24/h6-10,12,15,19H,11H2,1-5H3,(H,26,29)(H,25,27,28). The number of aryl methyl sites for hydroxylation is 2. The topological polar surface area (TPSA) is 80.3 Å². The van der Waals surface area contributed by atoms with Crippen LogP contribution in [0.3, 0.4) is 0 Å². The number of carbonyl (C=O) groups is 2. The Bertz CT molecular complexity index is 916. The zero-order valence-corrected chi connectivity index (χ0v) is 17.8. The molecule has 2 N–H and O–H groups in total. The Kier molecular flexibility index (Phi) is 7.86. The van der Waals surface area contributed by atoms with E-state index in [-0.39, 0.29) is 23.8 Å². The van der Waals surface area contributed by atoms with E-state index in [9.17, 15) is 18.4 Å². The van der Waals surface area contributed by atoms with Crippen molar-refractivity contribution in [2.45, 2.75) is 47.1 Å². The molecule has 2 aromatic rings. The van der Waals surface area contributed by atoms with Gasteiger partial charge in [-0.25, -0.2) is 13.8 Å². The SMILES string of the molecule is Cc1cc(C(C)NC(=O)c2ccc(OCC(F)F)c(C)c2)cc(NC(=O)C(C)C)n1. The first kappa shape index (κ1) is 23.3. The molecule has 0 aliphatic rings. The lowest BCUT2D eigenvalue weighted by atomic mass is 10.1. The Morgan fingerprint density at radius 3 is 2.40 bits per heavy atom. The van der Waals surface area contributed by atoms with Crippen LogP contribution in [0.25, 0.3) is 0 Å². The van der Waals surface area contributed by atoms with Crippen LogP contribution in [-0.4, -0.2) is 29.8 Å². The molecule has 0 aliphatic heterocycles. The molecule has 162 valence electrons. The van der Waals surface area contributed by atoms with Gasteiger partial charge in [-0.3, -0.25) is 9.59 Å². The van der Waals surface area contributed by atoms with Crippen molar-refractivity contribution in [1.29, 1.82) is 0 Å². The van der Waals surface area contributed by atoms with Gasteiger partial charge < -0.3 is 15.4 Å². The van der Waals surface area contributed by atoms with E-state index < -0.39 is 13.0 Å². The summed E-state index contributed by atoms with van der Waals surface area (Å²) in [6.45, 7) is 8.22. The Hall–Kier alpha value is -3.03. The molecule has 0 radical (unpaired) electrons. The van der Waals surface area contributed by atoms with Gasteiger partial charge in [0.25, 0.3) is 12.3 Å². The van der Waals surface area contributed by atoms with Gasteiger partial charge in [0.15, 0.2) is 0 Å². The van der Waals surface area contributed by atoms with Gasteiger partial charge in [-0.1, -0.05) is 13.8 Å². The summed E-state index contributed by atoms with van der Waals surface area (Å²) in [6.07, 6.45) is -2.56. The maximum atomic E-state index is 12.6. The molecule has 1 aromatic carbocycles. The Balaban J connectivity index is 2.11. The van der Waals surface area contributed by atoms with E-state index in [4.69, 9.17) is 4.74 Å². The molecular formula is C22H27F2N3O3. The summed E-state index contributed by atoms with van der Waals surface area (Å²) in [4.78, 5) is 28.9. The first-order chi connectivity index (χ1) is 14.1. The molecule has 1 atom stereocenters. The van der Waals surface area contributed by atoms with Crippen molar-refractivity contribution in [1.82, 2.24) is 10.3 Å². The van der Waals surface area contributed by atoms with Gasteiger partial charge in [-0.2, -0.15) is 0 Å². The summed E-state index contributed by atoms with van der Waals surface area (Å²) in [6, 6.07) is 7.85. The van der Waals surface area contributed by atoms with Gasteiger partial charge in [0.2, 0.25) is 5.91 Å². The third-order valence-corrected chi connectivity index (χ3v) is 4.40. The molecular weight excluding hydrogens is 392 g/mol. The highest BCUT2D eigenvalue weighted by Crippen LogP contribution is 2.22. The van der Waals surface area contributed by atoms with Crippen LogP contribution in [-0.2, 0) is 4.79 Å². The highest BCUT2D eigenvalue weighted by molar-refractivity contribution is 5.95. The van der Waals surface area contributed by atoms with Crippen molar-refractivity contribution in [2.24, 2.45) is 5.92 Å². The lowest BCUT2D eigenvalue weighted by molar-refractivity contribution is -0.118. The molecule has 8 heteroatoms. The van der Waals surface area contributed by atoms with Crippen molar-refractivity contribution >= 4 is 17.6 Å². The summed E-state index contributed by atoms with van der Waals surface area (Å²) in [7, 11) is 0. The van der Waals surface area contributed by atoms with Crippen molar-refractivity contribution in [3.8, 4) is 5.75 Å². The quantitative estimate of drug-likeness (QED) is 0.663. The molecule has 1 heterocycles. The lowest BCUT2D eigenvalue weighted by Gasteiger charge is -2.17. The number of hydrogen-bond donors (Lipinski definition) is 2. The van der Waals surface area contributed by atoms with E-state index in [0.717, 1.165) is 5.56 Å².